The highest BCUT2D eigenvalue weighted by atomic mass is 16.5. The van der Waals surface area contributed by atoms with Crippen molar-refractivity contribution < 1.29 is 13.6 Å². The standard InChI is InChI=1S/C11H16O2/c1-7-8-4-9(5-10(12)13-3)11(7,2)6-8/h5,7-8H,4,6H2,1-3H3/b9-5-/t7-,8+,11-/m1/s1/i4D2,7D. The Labute approximate surface area is 83.2 Å². The van der Waals surface area contributed by atoms with Crippen LogP contribution in [0.1, 0.15) is 30.8 Å². The van der Waals surface area contributed by atoms with Gasteiger partial charge in [0.1, 0.15) is 0 Å². The molecule has 2 bridgehead atoms. The van der Waals surface area contributed by atoms with E-state index in [1.165, 1.54) is 13.2 Å². The molecule has 3 atom stereocenters. The molecule has 0 aromatic rings. The first kappa shape index (κ1) is 5.84. The van der Waals surface area contributed by atoms with Crippen molar-refractivity contribution in [1.29, 1.82) is 0 Å². The number of hydrogen-bond donors (Lipinski definition) is 0. The third-order valence-electron chi connectivity index (χ3n) is 3.39. The fraction of sp³-hybridized carbons (Fsp3) is 0.727. The molecule has 3 aliphatic carbocycles. The van der Waals surface area contributed by atoms with Gasteiger partial charge < -0.3 is 4.74 Å². The van der Waals surface area contributed by atoms with Gasteiger partial charge in [-0.2, -0.15) is 0 Å². The van der Waals surface area contributed by atoms with Gasteiger partial charge in [-0.15, -0.1) is 0 Å². The largest absolute Gasteiger partial charge is 0.466 e. The van der Waals surface area contributed by atoms with E-state index in [1.54, 1.807) is 6.92 Å². The predicted molar refractivity (Wildman–Crippen MR) is 50.1 cm³/mol. The summed E-state index contributed by atoms with van der Waals surface area (Å²) < 4.78 is 28.8. The van der Waals surface area contributed by atoms with Crippen LogP contribution in [0.2, 0.25) is 0 Å². The van der Waals surface area contributed by atoms with E-state index < -0.39 is 23.7 Å². The molecule has 72 valence electrons. The van der Waals surface area contributed by atoms with Crippen molar-refractivity contribution in [2.75, 3.05) is 7.11 Å². The van der Waals surface area contributed by atoms with Gasteiger partial charge >= 0.3 is 5.97 Å². The molecule has 0 unspecified atom stereocenters. The third kappa shape index (κ3) is 1.04. The molecule has 3 aliphatic rings. The Morgan fingerprint density at radius 3 is 3.00 bits per heavy atom. The summed E-state index contributed by atoms with van der Waals surface area (Å²) >= 11 is 0. The second-order valence-electron chi connectivity index (χ2n) is 4.00. The maximum Gasteiger partial charge on any atom is 0.330 e. The monoisotopic (exact) mass is 183 g/mol. The lowest BCUT2D eigenvalue weighted by molar-refractivity contribution is -0.135. The van der Waals surface area contributed by atoms with Crippen LogP contribution in [0.3, 0.4) is 0 Å². The van der Waals surface area contributed by atoms with E-state index >= 15 is 0 Å². The Morgan fingerprint density at radius 2 is 2.62 bits per heavy atom. The highest BCUT2D eigenvalue weighted by molar-refractivity contribution is 5.83. The summed E-state index contributed by atoms with van der Waals surface area (Å²) in [4.78, 5) is 11.2. The fourth-order valence-corrected chi connectivity index (χ4v) is 2.18. The van der Waals surface area contributed by atoms with Crippen LogP contribution in [0, 0.1) is 17.2 Å². The van der Waals surface area contributed by atoms with E-state index in [4.69, 9.17) is 4.11 Å². The van der Waals surface area contributed by atoms with E-state index in [-0.39, 0.29) is 5.92 Å². The zero-order valence-electron chi connectivity index (χ0n) is 11.2. The fourth-order valence-electron chi connectivity index (χ4n) is 2.18. The Kier molecular flexibility index (Phi) is 1.17. The van der Waals surface area contributed by atoms with Crippen molar-refractivity contribution in [1.82, 2.24) is 0 Å². The molecule has 3 fully saturated rings. The summed E-state index contributed by atoms with van der Waals surface area (Å²) in [6, 6.07) is 0. The molecule has 0 amide bonds. The number of allylic oxidation sites excluding steroid dienone is 1. The van der Waals surface area contributed by atoms with E-state index in [1.807, 2.05) is 6.92 Å². The van der Waals surface area contributed by atoms with Crippen molar-refractivity contribution >= 4 is 5.97 Å². The number of carbonyl (C=O) groups is 1. The Hall–Kier alpha value is -0.790. The average Bonchev–Trinajstić information content (AvgIpc) is 2.46. The quantitative estimate of drug-likeness (QED) is 0.460. The molecular weight excluding hydrogens is 164 g/mol. The van der Waals surface area contributed by atoms with Gasteiger partial charge in [-0.3, -0.25) is 0 Å². The maximum absolute atomic E-state index is 11.2. The van der Waals surface area contributed by atoms with Crippen LogP contribution in [0.15, 0.2) is 11.6 Å². The molecule has 0 spiro atoms. The number of hydrogen-bond acceptors (Lipinski definition) is 2. The summed E-state index contributed by atoms with van der Waals surface area (Å²) in [5.74, 6) is -1.68. The number of ether oxygens (including phenoxy) is 1. The van der Waals surface area contributed by atoms with Gasteiger partial charge in [0, 0.05) is 10.2 Å². The van der Waals surface area contributed by atoms with Crippen molar-refractivity contribution in [3.8, 4) is 0 Å². The smallest absolute Gasteiger partial charge is 0.330 e. The molecule has 3 saturated carbocycles. The molecule has 2 nitrogen and oxygen atoms in total. The number of esters is 1. The van der Waals surface area contributed by atoms with Crippen LogP contribution in [0.4, 0.5) is 0 Å². The van der Waals surface area contributed by atoms with Crippen LogP contribution in [-0.2, 0) is 9.53 Å². The summed E-state index contributed by atoms with van der Waals surface area (Å²) in [6.07, 6.45) is 0.321. The van der Waals surface area contributed by atoms with E-state index in [9.17, 15) is 4.79 Å². The molecule has 0 aliphatic heterocycles. The van der Waals surface area contributed by atoms with Crippen molar-refractivity contribution in [3.63, 3.8) is 0 Å². The second-order valence-corrected chi connectivity index (χ2v) is 4.00. The maximum atomic E-state index is 11.2. The molecule has 3 rings (SSSR count). The summed E-state index contributed by atoms with van der Waals surface area (Å²) in [6.45, 7) is 3.60. The van der Waals surface area contributed by atoms with E-state index in [0.717, 1.165) is 0 Å². The SMILES string of the molecule is [2H]C1([2H])/C(=C/C(=O)OC)[C@]2(C)C[C@H]1[C@@]2([2H])C. The summed E-state index contributed by atoms with van der Waals surface area (Å²) in [7, 11) is 1.27. The van der Waals surface area contributed by atoms with Crippen LogP contribution >= 0.6 is 0 Å². The third-order valence-corrected chi connectivity index (χ3v) is 3.39. The highest BCUT2D eigenvalue weighted by Crippen LogP contribution is 2.65. The van der Waals surface area contributed by atoms with Gasteiger partial charge in [0.2, 0.25) is 0 Å². The lowest BCUT2D eigenvalue weighted by Crippen LogP contribution is -2.36. The molecular formula is C11H16O2. The molecule has 0 saturated heterocycles. The number of carbonyl (C=O) groups excluding carboxylic acids is 1. The van der Waals surface area contributed by atoms with Gasteiger partial charge in [0.15, 0.2) is 0 Å². The molecule has 0 radical (unpaired) electrons. The molecule has 0 aromatic heterocycles. The Morgan fingerprint density at radius 1 is 1.92 bits per heavy atom. The van der Waals surface area contributed by atoms with Gasteiger partial charge in [-0.1, -0.05) is 19.4 Å². The first-order chi connectivity index (χ1) is 7.18. The van der Waals surface area contributed by atoms with Crippen LogP contribution in [0.5, 0.6) is 0 Å². The van der Waals surface area contributed by atoms with E-state index in [2.05, 4.69) is 4.74 Å². The minimum atomic E-state index is -1.56. The lowest BCUT2D eigenvalue weighted by atomic mass is 9.61. The molecule has 2 heteroatoms. The van der Waals surface area contributed by atoms with Gasteiger partial charge in [0.25, 0.3) is 0 Å². The molecule has 0 aromatic carbocycles. The molecule has 0 heterocycles. The first-order valence-corrected chi connectivity index (χ1v) is 4.48. The second kappa shape index (κ2) is 2.60. The molecule has 0 N–H and O–H groups in total. The first-order valence-electron chi connectivity index (χ1n) is 5.98. The minimum Gasteiger partial charge on any atom is -0.466 e. The normalized spacial score (nSPS) is 57.6. The number of rotatable bonds is 1. The van der Waals surface area contributed by atoms with Gasteiger partial charge in [-0.25, -0.2) is 4.79 Å². The van der Waals surface area contributed by atoms with E-state index in [0.29, 0.717) is 12.0 Å². The highest BCUT2D eigenvalue weighted by Gasteiger charge is 2.56. The van der Waals surface area contributed by atoms with Crippen molar-refractivity contribution in [3.05, 3.63) is 11.6 Å². The average molecular weight is 183 g/mol. The number of fused-ring (bicyclic) bond motifs is 1. The van der Waals surface area contributed by atoms with Gasteiger partial charge in [-0.05, 0) is 30.0 Å². The van der Waals surface area contributed by atoms with Crippen LogP contribution < -0.4 is 0 Å². The topological polar surface area (TPSA) is 26.3 Å². The Balaban J connectivity index is 2.48. The van der Waals surface area contributed by atoms with Gasteiger partial charge in [0.05, 0.1) is 7.11 Å². The van der Waals surface area contributed by atoms with Crippen LogP contribution in [0.25, 0.3) is 0 Å². The summed E-state index contributed by atoms with van der Waals surface area (Å²) in [5.41, 5.74) is -0.107. The van der Waals surface area contributed by atoms with Crippen molar-refractivity contribution in [2.45, 2.75) is 26.6 Å². The zero-order valence-corrected chi connectivity index (χ0v) is 8.18. The zero-order chi connectivity index (χ0) is 12.4. The lowest BCUT2D eigenvalue weighted by Gasteiger charge is -2.43. The predicted octanol–water partition coefficient (Wildman–Crippen LogP) is 2.15. The van der Waals surface area contributed by atoms with Crippen molar-refractivity contribution in [2.24, 2.45) is 17.2 Å². The molecule has 13 heavy (non-hydrogen) atoms. The van der Waals surface area contributed by atoms with Crippen LogP contribution in [-0.4, -0.2) is 13.1 Å². The minimum absolute atomic E-state index is 0.319. The summed E-state index contributed by atoms with van der Waals surface area (Å²) in [5, 5.41) is 0. The Bertz CT molecular complexity index is 387. The number of methoxy groups -OCH3 is 1.